The number of nitrogens with one attached hydrogen (secondary N) is 1. The lowest BCUT2D eigenvalue weighted by Gasteiger charge is -2.27. The lowest BCUT2D eigenvalue weighted by Crippen LogP contribution is -2.30. The fourth-order valence-electron chi connectivity index (χ4n) is 3.18. The molecule has 0 spiro atoms. The largest absolute Gasteiger partial charge is 0.348 e. The van der Waals surface area contributed by atoms with E-state index in [1.54, 1.807) is 23.0 Å². The summed E-state index contributed by atoms with van der Waals surface area (Å²) in [4.78, 5) is 14.6. The number of piperidine rings is 1. The highest BCUT2D eigenvalue weighted by Crippen LogP contribution is 2.16. The Bertz CT molecular complexity index is 729. The molecule has 0 atom stereocenters. The van der Waals surface area contributed by atoms with Crippen molar-refractivity contribution in [1.29, 1.82) is 0 Å². The number of rotatable bonds is 6. The van der Waals surface area contributed by atoms with E-state index in [0.717, 1.165) is 12.1 Å². The molecule has 0 radical (unpaired) electrons. The Labute approximate surface area is 149 Å². The van der Waals surface area contributed by atoms with Crippen LogP contribution in [0.25, 0.3) is 6.08 Å². The van der Waals surface area contributed by atoms with E-state index in [1.165, 1.54) is 43.5 Å². The number of amides is 1. The zero-order valence-electron chi connectivity index (χ0n) is 14.8. The van der Waals surface area contributed by atoms with Crippen LogP contribution in [0.3, 0.4) is 0 Å². The molecule has 0 saturated carbocycles. The molecular formula is C20H26N4O. The average Bonchev–Trinajstić information content (AvgIpc) is 3.05. The highest BCUT2D eigenvalue weighted by Gasteiger charge is 2.12. The van der Waals surface area contributed by atoms with Crippen LogP contribution in [-0.2, 0) is 24.9 Å². The Morgan fingerprint density at radius 3 is 2.68 bits per heavy atom. The van der Waals surface area contributed by atoms with E-state index >= 15 is 0 Å². The van der Waals surface area contributed by atoms with Gasteiger partial charge in [0.05, 0.1) is 6.20 Å². The number of hydrogen-bond acceptors (Lipinski definition) is 3. The maximum absolute atomic E-state index is 12.1. The summed E-state index contributed by atoms with van der Waals surface area (Å²) < 4.78 is 1.72. The SMILES string of the molecule is Cn1cc(/C=C\C(=O)NCc2ccccc2CN2CCCCC2)cn1. The Kier molecular flexibility index (Phi) is 6.01. The van der Waals surface area contributed by atoms with Crippen LogP contribution in [0, 0.1) is 0 Å². The van der Waals surface area contributed by atoms with Gasteiger partial charge < -0.3 is 5.32 Å². The normalized spacial score (nSPS) is 15.6. The van der Waals surface area contributed by atoms with Crippen molar-refractivity contribution in [2.75, 3.05) is 13.1 Å². The van der Waals surface area contributed by atoms with Gasteiger partial charge in [-0.15, -0.1) is 0 Å². The summed E-state index contributed by atoms with van der Waals surface area (Å²) >= 11 is 0. The van der Waals surface area contributed by atoms with E-state index in [2.05, 4.69) is 33.5 Å². The highest BCUT2D eigenvalue weighted by atomic mass is 16.1. The second-order valence-corrected chi connectivity index (χ2v) is 6.60. The lowest BCUT2D eigenvalue weighted by molar-refractivity contribution is -0.116. The highest BCUT2D eigenvalue weighted by molar-refractivity contribution is 5.91. The summed E-state index contributed by atoms with van der Waals surface area (Å²) in [6.45, 7) is 3.88. The van der Waals surface area contributed by atoms with Crippen molar-refractivity contribution in [3.8, 4) is 0 Å². The van der Waals surface area contributed by atoms with Gasteiger partial charge >= 0.3 is 0 Å². The third-order valence-electron chi connectivity index (χ3n) is 4.57. The first-order valence-electron chi connectivity index (χ1n) is 8.94. The number of likely N-dealkylation sites (tertiary alicyclic amines) is 1. The van der Waals surface area contributed by atoms with Crippen LogP contribution in [0.5, 0.6) is 0 Å². The topological polar surface area (TPSA) is 50.2 Å². The monoisotopic (exact) mass is 338 g/mol. The molecule has 2 aromatic rings. The molecule has 1 fully saturated rings. The van der Waals surface area contributed by atoms with Crippen LogP contribution in [-0.4, -0.2) is 33.7 Å². The third kappa shape index (κ3) is 5.29. The molecule has 0 unspecified atom stereocenters. The van der Waals surface area contributed by atoms with E-state index < -0.39 is 0 Å². The van der Waals surface area contributed by atoms with Crippen LogP contribution in [0.1, 0.15) is 36.0 Å². The van der Waals surface area contributed by atoms with Crippen molar-refractivity contribution < 1.29 is 4.79 Å². The predicted octanol–water partition coefficient (Wildman–Crippen LogP) is 2.74. The summed E-state index contributed by atoms with van der Waals surface area (Å²) in [7, 11) is 1.86. The van der Waals surface area contributed by atoms with Crippen LogP contribution < -0.4 is 5.32 Å². The van der Waals surface area contributed by atoms with Crippen molar-refractivity contribution >= 4 is 12.0 Å². The second-order valence-electron chi connectivity index (χ2n) is 6.60. The van der Waals surface area contributed by atoms with Gasteiger partial charge in [-0.2, -0.15) is 5.10 Å². The first-order chi connectivity index (χ1) is 12.2. The first kappa shape index (κ1) is 17.4. The molecule has 1 aromatic carbocycles. The first-order valence-corrected chi connectivity index (χ1v) is 8.94. The summed E-state index contributed by atoms with van der Waals surface area (Å²) in [5.41, 5.74) is 3.42. The standard InChI is InChI=1S/C20H26N4O/c1-23-15-17(13-22-23)9-10-20(25)21-14-18-7-3-4-8-19(18)16-24-11-5-2-6-12-24/h3-4,7-10,13,15H,2,5-6,11-12,14,16H2,1H3,(H,21,25)/b10-9-. The van der Waals surface area contributed by atoms with Gasteiger partial charge in [0.25, 0.3) is 0 Å². The van der Waals surface area contributed by atoms with E-state index in [-0.39, 0.29) is 5.91 Å². The fourth-order valence-corrected chi connectivity index (χ4v) is 3.18. The average molecular weight is 338 g/mol. The van der Waals surface area contributed by atoms with Crippen molar-refractivity contribution in [1.82, 2.24) is 20.0 Å². The summed E-state index contributed by atoms with van der Waals surface area (Å²) in [5.74, 6) is -0.0865. The Morgan fingerprint density at radius 2 is 1.96 bits per heavy atom. The minimum absolute atomic E-state index is 0.0865. The molecule has 2 heterocycles. The molecule has 1 amide bonds. The van der Waals surface area contributed by atoms with E-state index in [1.807, 2.05) is 19.3 Å². The molecule has 0 bridgehead atoms. The van der Waals surface area contributed by atoms with Gasteiger partial charge in [-0.05, 0) is 43.1 Å². The predicted molar refractivity (Wildman–Crippen MR) is 99.7 cm³/mol. The number of benzene rings is 1. The van der Waals surface area contributed by atoms with Crippen LogP contribution in [0.2, 0.25) is 0 Å². The molecule has 1 aromatic heterocycles. The van der Waals surface area contributed by atoms with Crippen LogP contribution in [0.4, 0.5) is 0 Å². The third-order valence-corrected chi connectivity index (χ3v) is 4.57. The molecular weight excluding hydrogens is 312 g/mol. The number of nitrogens with zero attached hydrogens (tertiary/aromatic N) is 3. The number of aromatic nitrogens is 2. The van der Waals surface area contributed by atoms with E-state index in [0.29, 0.717) is 6.54 Å². The Morgan fingerprint density at radius 1 is 1.20 bits per heavy atom. The molecule has 3 rings (SSSR count). The zero-order chi connectivity index (χ0) is 17.5. The molecule has 1 aliphatic rings. The number of carbonyl (C=O) groups is 1. The van der Waals surface area contributed by atoms with Crippen molar-refractivity contribution in [3.63, 3.8) is 0 Å². The van der Waals surface area contributed by atoms with Gasteiger partial charge in [-0.1, -0.05) is 30.7 Å². The maximum atomic E-state index is 12.1. The molecule has 5 heteroatoms. The minimum Gasteiger partial charge on any atom is -0.348 e. The van der Waals surface area contributed by atoms with E-state index in [4.69, 9.17) is 0 Å². The summed E-state index contributed by atoms with van der Waals surface area (Å²) in [5, 5.41) is 7.07. The van der Waals surface area contributed by atoms with Crippen LogP contribution in [0.15, 0.2) is 42.7 Å². The Hall–Kier alpha value is -2.40. The molecule has 25 heavy (non-hydrogen) atoms. The smallest absolute Gasteiger partial charge is 0.244 e. The summed E-state index contributed by atoms with van der Waals surface area (Å²) in [6.07, 6.45) is 10.9. The van der Waals surface area contributed by atoms with Gasteiger partial charge in [0.2, 0.25) is 5.91 Å². The van der Waals surface area contributed by atoms with Gasteiger partial charge in [-0.25, -0.2) is 0 Å². The maximum Gasteiger partial charge on any atom is 0.244 e. The second kappa shape index (κ2) is 8.62. The number of carbonyl (C=O) groups excluding carboxylic acids is 1. The van der Waals surface area contributed by atoms with Gasteiger partial charge in [0, 0.05) is 38.0 Å². The number of aryl methyl sites for hydroxylation is 1. The molecule has 0 aliphatic carbocycles. The molecule has 132 valence electrons. The molecule has 1 N–H and O–H groups in total. The summed E-state index contributed by atoms with van der Waals surface area (Å²) in [6, 6.07) is 8.38. The van der Waals surface area contributed by atoms with Crippen LogP contribution >= 0.6 is 0 Å². The fraction of sp³-hybridized carbons (Fsp3) is 0.400. The quantitative estimate of drug-likeness (QED) is 0.824. The van der Waals surface area contributed by atoms with Gasteiger partial charge in [0.1, 0.15) is 0 Å². The molecule has 5 nitrogen and oxygen atoms in total. The van der Waals surface area contributed by atoms with E-state index in [9.17, 15) is 4.79 Å². The van der Waals surface area contributed by atoms with Gasteiger partial charge in [-0.3, -0.25) is 14.4 Å². The lowest BCUT2D eigenvalue weighted by atomic mass is 10.0. The van der Waals surface area contributed by atoms with Crippen molar-refractivity contribution in [3.05, 3.63) is 59.4 Å². The van der Waals surface area contributed by atoms with Crippen molar-refractivity contribution in [2.24, 2.45) is 7.05 Å². The van der Waals surface area contributed by atoms with Gasteiger partial charge in [0.15, 0.2) is 0 Å². The Balaban J connectivity index is 1.55. The zero-order valence-corrected chi connectivity index (χ0v) is 14.8. The molecule has 1 aliphatic heterocycles. The molecule has 1 saturated heterocycles. The minimum atomic E-state index is -0.0865. The van der Waals surface area contributed by atoms with Crippen molar-refractivity contribution in [2.45, 2.75) is 32.4 Å². The number of hydrogen-bond donors (Lipinski definition) is 1.